The van der Waals surface area contributed by atoms with E-state index in [-0.39, 0.29) is 16.6 Å². The van der Waals surface area contributed by atoms with E-state index in [1.54, 1.807) is 6.08 Å². The molecule has 0 bridgehead atoms. The summed E-state index contributed by atoms with van der Waals surface area (Å²) in [5.74, 6) is 0.145. The van der Waals surface area contributed by atoms with Gasteiger partial charge in [0.15, 0.2) is 5.12 Å². The molecule has 0 saturated carbocycles. The van der Waals surface area contributed by atoms with Crippen LogP contribution in [0, 0.1) is 0 Å². The minimum Gasteiger partial charge on any atom is -0.493 e. The van der Waals surface area contributed by atoms with E-state index >= 15 is 0 Å². The van der Waals surface area contributed by atoms with Gasteiger partial charge in [-0.05, 0) is 6.08 Å². The molecule has 1 heterocycles. The maximum atomic E-state index is 11.2. The Morgan fingerprint density at radius 1 is 1.73 bits per heavy atom. The van der Waals surface area contributed by atoms with Gasteiger partial charge >= 0.3 is 0 Å². The number of aromatic nitrogens is 2. The van der Waals surface area contributed by atoms with Crippen LogP contribution in [0.1, 0.15) is 12.5 Å². The summed E-state index contributed by atoms with van der Waals surface area (Å²) < 4.78 is 0. The van der Waals surface area contributed by atoms with Gasteiger partial charge in [0.25, 0.3) is 5.56 Å². The van der Waals surface area contributed by atoms with Crippen molar-refractivity contribution >= 4 is 23.0 Å². The van der Waals surface area contributed by atoms with Gasteiger partial charge < -0.3 is 10.1 Å². The molecular formula is C9H10N2O3S. The number of aromatic hydroxyl groups is 1. The number of rotatable bonds is 3. The van der Waals surface area contributed by atoms with Gasteiger partial charge in [0, 0.05) is 12.7 Å². The summed E-state index contributed by atoms with van der Waals surface area (Å²) in [6.45, 7) is 1.47. The molecule has 0 aromatic carbocycles. The number of aromatic amines is 1. The Labute approximate surface area is 90.2 Å². The summed E-state index contributed by atoms with van der Waals surface area (Å²) in [5.41, 5.74) is -0.312. The van der Waals surface area contributed by atoms with E-state index in [1.807, 2.05) is 0 Å². The molecule has 0 amide bonds. The predicted molar refractivity (Wildman–Crippen MR) is 58.7 cm³/mol. The molecule has 2 N–H and O–H groups in total. The molecule has 1 aromatic rings. The van der Waals surface area contributed by atoms with E-state index in [1.165, 1.54) is 13.0 Å². The summed E-state index contributed by atoms with van der Waals surface area (Å²) in [4.78, 5) is 27.6. The van der Waals surface area contributed by atoms with Crippen LogP contribution in [-0.2, 0) is 4.79 Å². The lowest BCUT2D eigenvalue weighted by Crippen LogP contribution is -2.09. The molecule has 0 aliphatic heterocycles. The van der Waals surface area contributed by atoms with Crippen molar-refractivity contribution in [2.45, 2.75) is 6.92 Å². The molecule has 0 fully saturated rings. The van der Waals surface area contributed by atoms with E-state index in [4.69, 9.17) is 0 Å². The van der Waals surface area contributed by atoms with Gasteiger partial charge in [-0.2, -0.15) is 0 Å². The van der Waals surface area contributed by atoms with Gasteiger partial charge in [-0.15, -0.1) is 0 Å². The number of hydrogen-bond donors (Lipinski definition) is 2. The van der Waals surface area contributed by atoms with Crippen molar-refractivity contribution in [2.24, 2.45) is 0 Å². The Morgan fingerprint density at radius 2 is 2.47 bits per heavy atom. The third kappa shape index (κ3) is 3.59. The van der Waals surface area contributed by atoms with Gasteiger partial charge in [-0.25, -0.2) is 4.98 Å². The first-order valence-corrected chi connectivity index (χ1v) is 5.16. The molecule has 6 heteroatoms. The van der Waals surface area contributed by atoms with Crippen LogP contribution in [0.3, 0.4) is 0 Å². The highest BCUT2D eigenvalue weighted by Gasteiger charge is 2.02. The van der Waals surface area contributed by atoms with Crippen LogP contribution in [0.5, 0.6) is 5.88 Å². The zero-order chi connectivity index (χ0) is 11.3. The lowest BCUT2D eigenvalue weighted by molar-refractivity contribution is -0.109. The predicted octanol–water partition coefficient (Wildman–Crippen LogP) is 0.768. The van der Waals surface area contributed by atoms with Crippen LogP contribution < -0.4 is 5.56 Å². The van der Waals surface area contributed by atoms with Crippen molar-refractivity contribution in [2.75, 3.05) is 5.75 Å². The SMILES string of the molecule is CC(=O)SCC=Cc1c(O)nc[nH]c1=O. The van der Waals surface area contributed by atoms with Crippen LogP contribution >= 0.6 is 11.8 Å². The summed E-state index contributed by atoms with van der Waals surface area (Å²) in [6, 6.07) is 0. The van der Waals surface area contributed by atoms with Crippen LogP contribution in [0.15, 0.2) is 17.2 Å². The van der Waals surface area contributed by atoms with E-state index in [0.29, 0.717) is 5.75 Å². The minimum absolute atomic E-state index is 0.00367. The van der Waals surface area contributed by atoms with Crippen molar-refractivity contribution in [3.05, 3.63) is 28.3 Å². The second-order valence-electron chi connectivity index (χ2n) is 2.67. The normalized spacial score (nSPS) is 10.7. The highest BCUT2D eigenvalue weighted by atomic mass is 32.2. The summed E-state index contributed by atoms with van der Waals surface area (Å²) in [7, 11) is 0. The number of H-pyrrole nitrogens is 1. The third-order valence-electron chi connectivity index (χ3n) is 1.54. The largest absolute Gasteiger partial charge is 0.493 e. The molecule has 5 nitrogen and oxygen atoms in total. The van der Waals surface area contributed by atoms with Gasteiger partial charge in [-0.1, -0.05) is 17.8 Å². The first kappa shape index (κ1) is 11.5. The highest BCUT2D eigenvalue weighted by molar-refractivity contribution is 8.13. The van der Waals surface area contributed by atoms with E-state index in [2.05, 4.69) is 9.97 Å². The Kier molecular flexibility index (Phi) is 4.11. The molecule has 0 radical (unpaired) electrons. The second kappa shape index (κ2) is 5.35. The molecule has 0 spiro atoms. The van der Waals surface area contributed by atoms with Gasteiger partial charge in [0.1, 0.15) is 5.56 Å². The fourth-order valence-electron chi connectivity index (χ4n) is 0.883. The fourth-order valence-corrected chi connectivity index (χ4v) is 1.31. The quantitative estimate of drug-likeness (QED) is 0.795. The number of carbonyl (C=O) groups excluding carboxylic acids is 1. The molecule has 0 atom stereocenters. The van der Waals surface area contributed by atoms with Crippen LogP contribution in [0.2, 0.25) is 0 Å². The molecule has 0 aliphatic rings. The van der Waals surface area contributed by atoms with Gasteiger partial charge in [0.05, 0.1) is 6.33 Å². The Hall–Kier alpha value is -1.56. The lowest BCUT2D eigenvalue weighted by atomic mass is 10.3. The summed E-state index contributed by atoms with van der Waals surface area (Å²) in [6.07, 6.45) is 4.19. The number of hydrogen-bond acceptors (Lipinski definition) is 5. The molecule has 0 saturated heterocycles. The van der Waals surface area contributed by atoms with Crippen LogP contribution in [0.4, 0.5) is 0 Å². The molecule has 1 rings (SSSR count). The Bertz CT molecular complexity index is 439. The maximum absolute atomic E-state index is 11.2. The number of carbonyl (C=O) groups is 1. The lowest BCUT2D eigenvalue weighted by Gasteiger charge is -1.94. The van der Waals surface area contributed by atoms with Crippen molar-refractivity contribution in [1.29, 1.82) is 0 Å². The fraction of sp³-hybridized carbons (Fsp3) is 0.222. The Balaban J connectivity index is 2.72. The number of nitrogens with one attached hydrogen (secondary N) is 1. The number of thioether (sulfide) groups is 1. The van der Waals surface area contributed by atoms with E-state index in [9.17, 15) is 14.7 Å². The van der Waals surface area contributed by atoms with E-state index in [0.717, 1.165) is 18.1 Å². The van der Waals surface area contributed by atoms with E-state index < -0.39 is 5.56 Å². The zero-order valence-corrected chi connectivity index (χ0v) is 8.87. The Morgan fingerprint density at radius 3 is 3.07 bits per heavy atom. The zero-order valence-electron chi connectivity index (χ0n) is 8.06. The van der Waals surface area contributed by atoms with Crippen LogP contribution in [-0.4, -0.2) is 25.9 Å². The molecular weight excluding hydrogens is 216 g/mol. The molecule has 80 valence electrons. The smallest absolute Gasteiger partial charge is 0.261 e. The standard InChI is InChI=1S/C9H10N2O3S/c1-6(12)15-4-2-3-7-8(13)10-5-11-9(7)14/h2-3,5H,4H2,1H3,(H2,10,11,13,14). The maximum Gasteiger partial charge on any atom is 0.261 e. The van der Waals surface area contributed by atoms with Crippen molar-refractivity contribution in [1.82, 2.24) is 9.97 Å². The number of nitrogens with zero attached hydrogens (tertiary/aromatic N) is 1. The molecule has 0 unspecified atom stereocenters. The van der Waals surface area contributed by atoms with Gasteiger partial charge in [0.2, 0.25) is 5.88 Å². The van der Waals surface area contributed by atoms with Gasteiger partial charge in [-0.3, -0.25) is 9.59 Å². The van der Waals surface area contributed by atoms with Crippen molar-refractivity contribution in [3.63, 3.8) is 0 Å². The first-order valence-electron chi connectivity index (χ1n) is 4.18. The topological polar surface area (TPSA) is 83.0 Å². The monoisotopic (exact) mass is 226 g/mol. The second-order valence-corrected chi connectivity index (χ2v) is 3.87. The minimum atomic E-state index is -0.411. The first-order chi connectivity index (χ1) is 7.11. The molecule has 15 heavy (non-hydrogen) atoms. The molecule has 1 aromatic heterocycles. The highest BCUT2D eigenvalue weighted by Crippen LogP contribution is 2.09. The third-order valence-corrected chi connectivity index (χ3v) is 2.30. The van der Waals surface area contributed by atoms with Crippen LogP contribution in [0.25, 0.3) is 6.08 Å². The molecule has 0 aliphatic carbocycles. The average Bonchev–Trinajstić information content (AvgIpc) is 2.15. The average molecular weight is 226 g/mol. The van der Waals surface area contributed by atoms with Crippen molar-refractivity contribution in [3.8, 4) is 5.88 Å². The van der Waals surface area contributed by atoms with Crippen molar-refractivity contribution < 1.29 is 9.90 Å². The summed E-state index contributed by atoms with van der Waals surface area (Å²) >= 11 is 1.12. The summed E-state index contributed by atoms with van der Waals surface area (Å²) in [5, 5.41) is 9.25.